The van der Waals surface area contributed by atoms with Gasteiger partial charge in [0.25, 0.3) is 0 Å². The minimum atomic E-state index is -0.203. The molecular weight excluding hydrogens is 191 g/mol. The second-order valence-electron chi connectivity index (χ2n) is 4.00. The van der Waals surface area contributed by atoms with Crippen LogP contribution in [0.25, 0.3) is 0 Å². The maximum absolute atomic E-state index is 13.1. The van der Waals surface area contributed by atoms with Crippen LogP contribution in [0.5, 0.6) is 0 Å². The van der Waals surface area contributed by atoms with Crippen molar-refractivity contribution in [3.63, 3.8) is 0 Å². The Morgan fingerprint density at radius 1 is 1.60 bits per heavy atom. The van der Waals surface area contributed by atoms with Crippen LogP contribution in [-0.2, 0) is 6.42 Å². The molecule has 2 nitrogen and oxygen atoms in total. The first-order chi connectivity index (χ1) is 7.20. The van der Waals surface area contributed by atoms with E-state index in [-0.39, 0.29) is 11.7 Å². The Morgan fingerprint density at radius 3 is 3.13 bits per heavy atom. The van der Waals surface area contributed by atoms with Crippen molar-refractivity contribution in [1.82, 2.24) is 0 Å². The average Bonchev–Trinajstić information content (AvgIpc) is 2.61. The maximum Gasteiger partial charge on any atom is 0.125 e. The molecule has 1 unspecified atom stereocenters. The van der Waals surface area contributed by atoms with Gasteiger partial charge in [-0.05, 0) is 31.0 Å². The number of nitriles is 1. The second-order valence-corrected chi connectivity index (χ2v) is 4.00. The molecule has 0 amide bonds. The van der Waals surface area contributed by atoms with Gasteiger partial charge < -0.3 is 4.90 Å². The van der Waals surface area contributed by atoms with Crippen molar-refractivity contribution in [2.75, 3.05) is 18.0 Å². The van der Waals surface area contributed by atoms with Crippen molar-refractivity contribution in [3.8, 4) is 6.07 Å². The van der Waals surface area contributed by atoms with Crippen molar-refractivity contribution < 1.29 is 4.39 Å². The zero-order valence-corrected chi connectivity index (χ0v) is 8.70. The van der Waals surface area contributed by atoms with E-state index < -0.39 is 0 Å². The molecule has 1 heterocycles. The van der Waals surface area contributed by atoms with Crippen LogP contribution in [0.1, 0.15) is 12.5 Å². The zero-order valence-electron chi connectivity index (χ0n) is 8.70. The van der Waals surface area contributed by atoms with Crippen LogP contribution in [0.4, 0.5) is 10.1 Å². The Labute approximate surface area is 88.9 Å². The molecule has 1 atom stereocenters. The van der Waals surface area contributed by atoms with Crippen molar-refractivity contribution in [1.29, 1.82) is 5.26 Å². The number of fused-ring (bicyclic) bond motifs is 1. The fourth-order valence-corrected chi connectivity index (χ4v) is 1.98. The molecule has 0 N–H and O–H groups in total. The molecule has 1 aliphatic rings. The lowest BCUT2D eigenvalue weighted by Crippen LogP contribution is -2.25. The van der Waals surface area contributed by atoms with Crippen LogP contribution in [-0.4, -0.2) is 13.1 Å². The second kappa shape index (κ2) is 3.90. The van der Waals surface area contributed by atoms with Gasteiger partial charge in [0.1, 0.15) is 5.82 Å². The Kier molecular flexibility index (Phi) is 2.59. The highest BCUT2D eigenvalue weighted by molar-refractivity contribution is 5.58. The highest BCUT2D eigenvalue weighted by Gasteiger charge is 2.20. The van der Waals surface area contributed by atoms with Crippen molar-refractivity contribution in [2.24, 2.45) is 5.92 Å². The summed E-state index contributed by atoms with van der Waals surface area (Å²) in [5.41, 5.74) is 2.14. The van der Waals surface area contributed by atoms with Gasteiger partial charge in [-0.15, -0.1) is 0 Å². The third-order valence-corrected chi connectivity index (χ3v) is 2.75. The Balaban J connectivity index is 2.21. The highest BCUT2D eigenvalue weighted by atomic mass is 19.1. The van der Waals surface area contributed by atoms with E-state index >= 15 is 0 Å². The van der Waals surface area contributed by atoms with E-state index in [1.807, 2.05) is 13.0 Å². The molecule has 0 aliphatic carbocycles. The number of nitrogens with zero attached hydrogens (tertiary/aromatic N) is 2. The first kappa shape index (κ1) is 9.97. The summed E-state index contributed by atoms with van der Waals surface area (Å²) in [6.45, 7) is 3.47. The van der Waals surface area contributed by atoms with Gasteiger partial charge in [-0.3, -0.25) is 0 Å². The zero-order chi connectivity index (χ0) is 10.8. The largest absolute Gasteiger partial charge is 0.370 e. The molecule has 1 aromatic carbocycles. The van der Waals surface area contributed by atoms with Crippen LogP contribution < -0.4 is 4.90 Å². The Morgan fingerprint density at radius 2 is 2.40 bits per heavy atom. The third-order valence-electron chi connectivity index (χ3n) is 2.75. The van der Waals surface area contributed by atoms with Crippen LogP contribution in [0.15, 0.2) is 18.2 Å². The SMILES string of the molecule is CC(C#N)CN1CCc2ccc(F)cc21. The van der Waals surface area contributed by atoms with Crippen molar-refractivity contribution >= 4 is 5.69 Å². The van der Waals surface area contributed by atoms with Gasteiger partial charge in [0, 0.05) is 18.8 Å². The van der Waals surface area contributed by atoms with Gasteiger partial charge in [-0.2, -0.15) is 5.26 Å². The third kappa shape index (κ3) is 1.94. The lowest BCUT2D eigenvalue weighted by molar-refractivity contribution is 0.626. The summed E-state index contributed by atoms with van der Waals surface area (Å²) in [5, 5.41) is 8.75. The van der Waals surface area contributed by atoms with Crippen LogP contribution in [0, 0.1) is 23.1 Å². The molecule has 0 spiro atoms. The minimum Gasteiger partial charge on any atom is -0.370 e. The topological polar surface area (TPSA) is 27.0 Å². The van der Waals surface area contributed by atoms with Crippen molar-refractivity contribution in [3.05, 3.63) is 29.6 Å². The summed E-state index contributed by atoms with van der Waals surface area (Å²) in [6, 6.07) is 7.09. The van der Waals surface area contributed by atoms with E-state index in [2.05, 4.69) is 11.0 Å². The van der Waals surface area contributed by atoms with Gasteiger partial charge in [-0.1, -0.05) is 6.07 Å². The van der Waals surface area contributed by atoms with Gasteiger partial charge in [0.05, 0.1) is 12.0 Å². The molecule has 1 aliphatic heterocycles. The smallest absolute Gasteiger partial charge is 0.125 e. The molecule has 78 valence electrons. The molecule has 0 fully saturated rings. The van der Waals surface area contributed by atoms with Gasteiger partial charge in [-0.25, -0.2) is 4.39 Å². The molecule has 0 aromatic heterocycles. The molecule has 0 saturated heterocycles. The van der Waals surface area contributed by atoms with E-state index in [1.165, 1.54) is 11.6 Å². The quantitative estimate of drug-likeness (QED) is 0.739. The van der Waals surface area contributed by atoms with Gasteiger partial charge in [0.15, 0.2) is 0 Å². The summed E-state index contributed by atoms with van der Waals surface area (Å²) in [4.78, 5) is 2.09. The monoisotopic (exact) mass is 204 g/mol. The molecule has 0 radical (unpaired) electrons. The molecule has 1 aromatic rings. The highest BCUT2D eigenvalue weighted by Crippen LogP contribution is 2.29. The minimum absolute atomic E-state index is 0.0146. The van der Waals surface area contributed by atoms with E-state index in [4.69, 9.17) is 5.26 Å². The summed E-state index contributed by atoms with van der Waals surface area (Å²) in [5.74, 6) is -0.218. The van der Waals surface area contributed by atoms with Crippen LogP contribution in [0.2, 0.25) is 0 Å². The number of hydrogen-bond donors (Lipinski definition) is 0. The number of benzene rings is 1. The summed E-state index contributed by atoms with van der Waals surface area (Å²) >= 11 is 0. The van der Waals surface area contributed by atoms with Crippen LogP contribution >= 0.6 is 0 Å². The van der Waals surface area contributed by atoms with Crippen molar-refractivity contribution in [2.45, 2.75) is 13.3 Å². The first-order valence-corrected chi connectivity index (χ1v) is 5.13. The molecule has 0 saturated carbocycles. The van der Waals surface area contributed by atoms with Crippen LogP contribution in [0.3, 0.4) is 0 Å². The lowest BCUT2D eigenvalue weighted by atomic mass is 10.1. The standard InChI is InChI=1S/C12H13FN2/c1-9(7-14)8-15-5-4-10-2-3-11(13)6-12(10)15/h2-3,6,9H,4-5,8H2,1H3. The normalized spacial score (nSPS) is 15.9. The number of halogens is 1. The van der Waals surface area contributed by atoms with Gasteiger partial charge in [0.2, 0.25) is 0 Å². The average molecular weight is 204 g/mol. The molecule has 0 bridgehead atoms. The number of hydrogen-bond acceptors (Lipinski definition) is 2. The van der Waals surface area contributed by atoms with Gasteiger partial charge >= 0.3 is 0 Å². The molecule has 15 heavy (non-hydrogen) atoms. The predicted octanol–water partition coefficient (Wildman–Crippen LogP) is 2.35. The van der Waals surface area contributed by atoms with E-state index in [0.717, 1.165) is 18.7 Å². The first-order valence-electron chi connectivity index (χ1n) is 5.13. The summed E-state index contributed by atoms with van der Waals surface area (Å²) in [7, 11) is 0. The van der Waals surface area contributed by atoms with E-state index in [9.17, 15) is 4.39 Å². The number of rotatable bonds is 2. The Bertz CT molecular complexity index is 409. The van der Waals surface area contributed by atoms with E-state index in [0.29, 0.717) is 6.54 Å². The fraction of sp³-hybridized carbons (Fsp3) is 0.417. The van der Waals surface area contributed by atoms with E-state index in [1.54, 1.807) is 6.07 Å². The predicted molar refractivity (Wildman–Crippen MR) is 57.1 cm³/mol. The fourth-order valence-electron chi connectivity index (χ4n) is 1.98. The lowest BCUT2D eigenvalue weighted by Gasteiger charge is -2.20. The summed E-state index contributed by atoms with van der Waals surface area (Å²) < 4.78 is 13.1. The molecule has 2 rings (SSSR count). The Hall–Kier alpha value is -1.56. The summed E-state index contributed by atoms with van der Waals surface area (Å²) in [6.07, 6.45) is 0.952. The molecule has 3 heteroatoms. The maximum atomic E-state index is 13.1. The number of anilines is 1. The molecular formula is C12H13FN2.